The zero-order valence-corrected chi connectivity index (χ0v) is 16.5. The van der Waals surface area contributed by atoms with Gasteiger partial charge in [0.2, 0.25) is 0 Å². The molecule has 0 amide bonds. The maximum absolute atomic E-state index is 2.34. The predicted molar refractivity (Wildman–Crippen MR) is 113 cm³/mol. The summed E-state index contributed by atoms with van der Waals surface area (Å²) in [6.07, 6.45) is 2.17. The van der Waals surface area contributed by atoms with Gasteiger partial charge in [-0.1, -0.05) is 105 Å². The van der Waals surface area contributed by atoms with E-state index in [1.54, 1.807) is 0 Å². The minimum Gasteiger partial charge on any atom is -0.0627 e. The Balaban J connectivity index is 2.28. The Morgan fingerprint density at radius 3 is 1.69 bits per heavy atom. The average Bonchev–Trinajstić information content (AvgIpc) is 2.67. The number of benzene rings is 3. The van der Waals surface area contributed by atoms with Gasteiger partial charge in [0, 0.05) is 5.41 Å². The monoisotopic (exact) mass is 342 g/mol. The summed E-state index contributed by atoms with van der Waals surface area (Å²) in [5.74, 6) is 0.586. The molecule has 3 aromatic carbocycles. The molecule has 0 saturated heterocycles. The molecule has 3 aromatic rings. The molecule has 0 aromatic heterocycles. The quantitative estimate of drug-likeness (QED) is 0.426. The molecule has 0 spiro atoms. The predicted octanol–water partition coefficient (Wildman–Crippen LogP) is 6.94. The fourth-order valence-electron chi connectivity index (χ4n) is 4.05. The van der Waals surface area contributed by atoms with Crippen LogP contribution in [-0.2, 0) is 11.8 Å². The van der Waals surface area contributed by atoms with E-state index in [9.17, 15) is 0 Å². The highest BCUT2D eigenvalue weighted by atomic mass is 14.4. The van der Waals surface area contributed by atoms with E-state index in [1.807, 2.05) is 0 Å². The largest absolute Gasteiger partial charge is 0.0627 e. The van der Waals surface area contributed by atoms with E-state index in [0.29, 0.717) is 5.92 Å². The number of rotatable bonds is 6. The molecule has 3 rings (SSSR count). The van der Waals surface area contributed by atoms with Crippen molar-refractivity contribution in [1.82, 2.24) is 0 Å². The van der Waals surface area contributed by atoms with Crippen molar-refractivity contribution in [3.05, 3.63) is 107 Å². The molecule has 0 heterocycles. The Morgan fingerprint density at radius 2 is 1.19 bits per heavy atom. The maximum atomic E-state index is 2.34. The average molecular weight is 343 g/mol. The van der Waals surface area contributed by atoms with Crippen molar-refractivity contribution < 1.29 is 0 Å². The Morgan fingerprint density at radius 1 is 0.692 bits per heavy atom. The van der Waals surface area contributed by atoms with Gasteiger partial charge in [0.25, 0.3) is 0 Å². The third-order valence-corrected chi connectivity index (χ3v) is 5.38. The van der Waals surface area contributed by atoms with Gasteiger partial charge in [0.15, 0.2) is 0 Å². The minimum atomic E-state index is -0.116. The second-order valence-corrected chi connectivity index (χ2v) is 7.79. The van der Waals surface area contributed by atoms with Crippen LogP contribution < -0.4 is 0 Å². The molecule has 26 heavy (non-hydrogen) atoms. The standard InChI is InChI=1S/C26H30/c1-5-22-13-17-25(18-14-22)26(19-20(2)3,23-9-7-6-8-10-23)24-15-11-21(4)12-16-24/h6-18,20H,5,19H2,1-4H3. The smallest absolute Gasteiger partial charge is 0.0453 e. The van der Waals surface area contributed by atoms with Crippen molar-refractivity contribution in [2.45, 2.75) is 46.0 Å². The van der Waals surface area contributed by atoms with Crippen LogP contribution in [0.1, 0.15) is 55.0 Å². The Kier molecular flexibility index (Phi) is 5.61. The normalized spacial score (nSPS) is 13.6. The van der Waals surface area contributed by atoms with Gasteiger partial charge < -0.3 is 0 Å². The van der Waals surface area contributed by atoms with E-state index in [0.717, 1.165) is 12.8 Å². The van der Waals surface area contributed by atoms with Gasteiger partial charge in [-0.25, -0.2) is 0 Å². The van der Waals surface area contributed by atoms with Crippen molar-refractivity contribution in [3.8, 4) is 0 Å². The third kappa shape index (κ3) is 3.60. The van der Waals surface area contributed by atoms with Crippen molar-refractivity contribution >= 4 is 0 Å². The molecular weight excluding hydrogens is 312 g/mol. The van der Waals surface area contributed by atoms with Gasteiger partial charge in [0.1, 0.15) is 0 Å². The van der Waals surface area contributed by atoms with Gasteiger partial charge in [-0.2, -0.15) is 0 Å². The van der Waals surface area contributed by atoms with Crippen LogP contribution in [0, 0.1) is 12.8 Å². The van der Waals surface area contributed by atoms with E-state index in [2.05, 4.69) is 107 Å². The Hall–Kier alpha value is -2.34. The van der Waals surface area contributed by atoms with Crippen molar-refractivity contribution in [2.24, 2.45) is 5.92 Å². The summed E-state index contributed by atoms with van der Waals surface area (Å²) < 4.78 is 0. The first-order valence-corrected chi connectivity index (χ1v) is 9.78. The highest BCUT2D eigenvalue weighted by molar-refractivity contribution is 5.51. The summed E-state index contributed by atoms with van der Waals surface area (Å²) in [4.78, 5) is 0. The van der Waals surface area contributed by atoms with Gasteiger partial charge in [0.05, 0.1) is 0 Å². The van der Waals surface area contributed by atoms with Crippen LogP contribution in [0.2, 0.25) is 0 Å². The lowest BCUT2D eigenvalue weighted by Gasteiger charge is -2.38. The van der Waals surface area contributed by atoms with Crippen LogP contribution in [0.5, 0.6) is 0 Å². The summed E-state index contributed by atoms with van der Waals surface area (Å²) in [5, 5.41) is 0. The fourth-order valence-corrected chi connectivity index (χ4v) is 4.05. The second kappa shape index (κ2) is 7.91. The van der Waals surface area contributed by atoms with E-state index in [1.165, 1.54) is 27.8 Å². The molecule has 0 nitrogen and oxygen atoms in total. The molecule has 0 fully saturated rings. The third-order valence-electron chi connectivity index (χ3n) is 5.38. The van der Waals surface area contributed by atoms with Crippen molar-refractivity contribution in [1.29, 1.82) is 0 Å². The lowest BCUT2D eigenvalue weighted by Crippen LogP contribution is -2.31. The molecule has 1 atom stereocenters. The second-order valence-electron chi connectivity index (χ2n) is 7.79. The van der Waals surface area contributed by atoms with E-state index in [-0.39, 0.29) is 5.41 Å². The molecule has 0 aliphatic heterocycles. The molecule has 1 unspecified atom stereocenters. The molecule has 0 aliphatic rings. The zero-order valence-electron chi connectivity index (χ0n) is 16.5. The highest BCUT2D eigenvalue weighted by Crippen LogP contribution is 2.44. The summed E-state index contributed by atoms with van der Waals surface area (Å²) in [7, 11) is 0. The van der Waals surface area contributed by atoms with Crippen LogP contribution in [0.4, 0.5) is 0 Å². The highest BCUT2D eigenvalue weighted by Gasteiger charge is 2.36. The topological polar surface area (TPSA) is 0 Å². The number of hydrogen-bond donors (Lipinski definition) is 0. The van der Waals surface area contributed by atoms with Gasteiger partial charge >= 0.3 is 0 Å². The zero-order chi connectivity index (χ0) is 18.6. The Labute approximate surface area is 158 Å². The SMILES string of the molecule is CCc1ccc(C(CC(C)C)(c2ccccc2)c2ccc(C)cc2)cc1. The van der Waals surface area contributed by atoms with Crippen molar-refractivity contribution in [3.63, 3.8) is 0 Å². The summed E-state index contributed by atoms with van der Waals surface area (Å²) in [6.45, 7) is 9.03. The molecule has 134 valence electrons. The van der Waals surface area contributed by atoms with E-state index in [4.69, 9.17) is 0 Å². The summed E-state index contributed by atoms with van der Waals surface area (Å²) >= 11 is 0. The molecule has 0 heteroatoms. The molecule has 0 bridgehead atoms. The summed E-state index contributed by atoms with van der Waals surface area (Å²) in [5.41, 5.74) is 6.73. The summed E-state index contributed by atoms with van der Waals surface area (Å²) in [6, 6.07) is 29.4. The van der Waals surface area contributed by atoms with Crippen LogP contribution in [0.15, 0.2) is 78.9 Å². The number of hydrogen-bond acceptors (Lipinski definition) is 0. The van der Waals surface area contributed by atoms with E-state index < -0.39 is 0 Å². The molecule has 0 radical (unpaired) electrons. The number of aryl methyl sites for hydroxylation is 2. The van der Waals surface area contributed by atoms with E-state index >= 15 is 0 Å². The molecule has 0 aliphatic carbocycles. The van der Waals surface area contributed by atoms with Crippen LogP contribution in [-0.4, -0.2) is 0 Å². The van der Waals surface area contributed by atoms with Crippen LogP contribution >= 0.6 is 0 Å². The first kappa shape index (κ1) is 18.5. The maximum Gasteiger partial charge on any atom is 0.0453 e. The molecule has 0 saturated carbocycles. The Bertz CT molecular complexity index is 810. The lowest BCUT2D eigenvalue weighted by molar-refractivity contribution is 0.453. The first-order chi connectivity index (χ1) is 12.6. The van der Waals surface area contributed by atoms with Gasteiger partial charge in [-0.05, 0) is 47.9 Å². The fraction of sp³-hybridized carbons (Fsp3) is 0.308. The lowest BCUT2D eigenvalue weighted by atomic mass is 9.65. The molecule has 0 N–H and O–H groups in total. The van der Waals surface area contributed by atoms with Crippen molar-refractivity contribution in [2.75, 3.05) is 0 Å². The van der Waals surface area contributed by atoms with Crippen LogP contribution in [0.3, 0.4) is 0 Å². The minimum absolute atomic E-state index is 0.116. The first-order valence-electron chi connectivity index (χ1n) is 9.78. The molecular formula is C26H30. The van der Waals surface area contributed by atoms with Crippen LogP contribution in [0.25, 0.3) is 0 Å². The van der Waals surface area contributed by atoms with Gasteiger partial charge in [-0.3, -0.25) is 0 Å². The van der Waals surface area contributed by atoms with Gasteiger partial charge in [-0.15, -0.1) is 0 Å².